The fraction of sp³-hybridized carbons (Fsp3) is 0.150. The second kappa shape index (κ2) is 8.04. The standard InChI is InChI=1S/C20H20N2O3S2/c1-14-19(16-5-3-2-4-6-16)18(13-26-14)20(23)22-12-11-15-7-9-17(10-8-15)27(21,24)25/h2-10,13H,11-12H2,1H3,(H,22,23)(H2,21,24,25). The average Bonchev–Trinajstić information content (AvgIpc) is 3.03. The molecule has 140 valence electrons. The van der Waals surface area contributed by atoms with Gasteiger partial charge in [-0.2, -0.15) is 0 Å². The first kappa shape index (κ1) is 19.3. The molecule has 0 unspecified atom stereocenters. The van der Waals surface area contributed by atoms with Crippen LogP contribution in [0, 0.1) is 6.92 Å². The summed E-state index contributed by atoms with van der Waals surface area (Å²) in [7, 11) is -3.69. The molecular formula is C20H20N2O3S2. The Kier molecular flexibility index (Phi) is 5.74. The second-order valence-corrected chi connectivity index (χ2v) is 8.79. The summed E-state index contributed by atoms with van der Waals surface area (Å²) in [6.07, 6.45) is 0.598. The van der Waals surface area contributed by atoms with Crippen LogP contribution in [-0.4, -0.2) is 20.9 Å². The Bertz CT molecular complexity index is 1040. The molecule has 0 radical (unpaired) electrons. The lowest BCUT2D eigenvalue weighted by Crippen LogP contribution is -2.25. The number of carbonyl (C=O) groups excluding carboxylic acids is 1. The molecule has 1 aromatic heterocycles. The Hall–Kier alpha value is -2.48. The van der Waals surface area contributed by atoms with Gasteiger partial charge in [-0.3, -0.25) is 4.79 Å². The van der Waals surface area contributed by atoms with Gasteiger partial charge in [0.2, 0.25) is 10.0 Å². The third-order valence-corrected chi connectivity index (χ3v) is 6.07. The maximum absolute atomic E-state index is 12.6. The molecule has 5 nitrogen and oxygen atoms in total. The molecule has 7 heteroatoms. The molecule has 2 aromatic carbocycles. The Morgan fingerprint density at radius 2 is 1.74 bits per heavy atom. The molecule has 0 atom stereocenters. The van der Waals surface area contributed by atoms with Crippen LogP contribution in [0.25, 0.3) is 11.1 Å². The molecule has 3 aromatic rings. The van der Waals surface area contributed by atoms with Gasteiger partial charge >= 0.3 is 0 Å². The normalized spacial score (nSPS) is 11.3. The summed E-state index contributed by atoms with van der Waals surface area (Å²) in [5.41, 5.74) is 3.59. The summed E-state index contributed by atoms with van der Waals surface area (Å²) < 4.78 is 22.6. The predicted molar refractivity (Wildman–Crippen MR) is 108 cm³/mol. The number of nitrogens with one attached hydrogen (secondary N) is 1. The molecule has 27 heavy (non-hydrogen) atoms. The van der Waals surface area contributed by atoms with Crippen LogP contribution in [0.15, 0.2) is 64.9 Å². The van der Waals surface area contributed by atoms with Gasteiger partial charge in [-0.25, -0.2) is 13.6 Å². The van der Waals surface area contributed by atoms with Crippen molar-refractivity contribution >= 4 is 27.3 Å². The van der Waals surface area contributed by atoms with Crippen molar-refractivity contribution in [3.8, 4) is 11.1 Å². The number of carbonyl (C=O) groups is 1. The zero-order chi connectivity index (χ0) is 19.4. The Morgan fingerprint density at radius 1 is 1.07 bits per heavy atom. The van der Waals surface area contributed by atoms with Gasteiger partial charge in [-0.15, -0.1) is 11.3 Å². The highest BCUT2D eigenvalue weighted by Gasteiger charge is 2.16. The minimum atomic E-state index is -3.69. The van der Waals surface area contributed by atoms with Crippen molar-refractivity contribution < 1.29 is 13.2 Å². The van der Waals surface area contributed by atoms with Crippen LogP contribution in [0.2, 0.25) is 0 Å². The van der Waals surface area contributed by atoms with Crippen LogP contribution in [0.1, 0.15) is 20.8 Å². The van der Waals surface area contributed by atoms with Crippen LogP contribution in [-0.2, 0) is 16.4 Å². The summed E-state index contributed by atoms with van der Waals surface area (Å²) >= 11 is 1.56. The number of hydrogen-bond acceptors (Lipinski definition) is 4. The number of primary sulfonamides is 1. The summed E-state index contributed by atoms with van der Waals surface area (Å²) in [6, 6.07) is 16.2. The number of amides is 1. The monoisotopic (exact) mass is 400 g/mol. The summed E-state index contributed by atoms with van der Waals surface area (Å²) in [6.45, 7) is 2.47. The Morgan fingerprint density at radius 3 is 2.37 bits per heavy atom. The molecule has 0 bridgehead atoms. The van der Waals surface area contributed by atoms with Gasteiger partial charge in [-0.1, -0.05) is 42.5 Å². The quantitative estimate of drug-likeness (QED) is 0.665. The number of thiophene rings is 1. The van der Waals surface area contributed by atoms with Crippen molar-refractivity contribution in [3.63, 3.8) is 0 Å². The van der Waals surface area contributed by atoms with Crippen molar-refractivity contribution in [2.45, 2.75) is 18.2 Å². The fourth-order valence-electron chi connectivity index (χ4n) is 2.85. The van der Waals surface area contributed by atoms with Crippen molar-refractivity contribution in [2.75, 3.05) is 6.54 Å². The van der Waals surface area contributed by atoms with Gasteiger partial charge < -0.3 is 5.32 Å². The molecule has 0 saturated carbocycles. The van der Waals surface area contributed by atoms with Crippen LogP contribution < -0.4 is 10.5 Å². The fourth-order valence-corrected chi connectivity index (χ4v) is 4.23. The van der Waals surface area contributed by atoms with E-state index in [1.807, 2.05) is 42.6 Å². The van der Waals surface area contributed by atoms with Crippen molar-refractivity contribution in [2.24, 2.45) is 5.14 Å². The number of rotatable bonds is 6. The second-order valence-electron chi connectivity index (χ2n) is 6.14. The molecule has 3 rings (SSSR count). The third-order valence-electron chi connectivity index (χ3n) is 4.23. The lowest BCUT2D eigenvalue weighted by atomic mass is 10.0. The smallest absolute Gasteiger partial charge is 0.252 e. The first-order valence-electron chi connectivity index (χ1n) is 8.39. The number of sulfonamides is 1. The van der Waals surface area contributed by atoms with Crippen LogP contribution in [0.3, 0.4) is 0 Å². The van der Waals surface area contributed by atoms with E-state index in [1.165, 1.54) is 12.1 Å². The van der Waals surface area contributed by atoms with Gasteiger partial charge in [0, 0.05) is 22.4 Å². The molecule has 0 fully saturated rings. The SMILES string of the molecule is Cc1scc(C(=O)NCCc2ccc(S(N)(=O)=O)cc2)c1-c1ccccc1. The number of benzene rings is 2. The lowest BCUT2D eigenvalue weighted by Gasteiger charge is -2.08. The van der Waals surface area contributed by atoms with Gasteiger partial charge in [0.25, 0.3) is 5.91 Å². The van der Waals surface area contributed by atoms with Crippen LogP contribution in [0.5, 0.6) is 0 Å². The van der Waals surface area contributed by atoms with E-state index in [1.54, 1.807) is 23.5 Å². The van der Waals surface area contributed by atoms with E-state index >= 15 is 0 Å². The Labute approximate surface area is 162 Å². The topological polar surface area (TPSA) is 89.3 Å². The van der Waals surface area contributed by atoms with Gasteiger partial charge in [-0.05, 0) is 36.6 Å². The van der Waals surface area contributed by atoms with Crippen LogP contribution >= 0.6 is 11.3 Å². The maximum Gasteiger partial charge on any atom is 0.252 e. The highest BCUT2D eigenvalue weighted by molar-refractivity contribution is 7.89. The summed E-state index contributed by atoms with van der Waals surface area (Å²) in [5, 5.41) is 9.91. The minimum absolute atomic E-state index is 0.0801. The molecule has 0 saturated heterocycles. The van der Waals surface area contributed by atoms with E-state index in [-0.39, 0.29) is 10.8 Å². The average molecular weight is 401 g/mol. The first-order chi connectivity index (χ1) is 12.9. The van der Waals surface area contributed by atoms with E-state index < -0.39 is 10.0 Å². The number of nitrogens with two attached hydrogens (primary N) is 1. The van der Waals surface area contributed by atoms with Crippen LogP contribution in [0.4, 0.5) is 0 Å². The van der Waals surface area contributed by atoms with E-state index in [4.69, 9.17) is 5.14 Å². The molecule has 3 N–H and O–H groups in total. The van der Waals surface area contributed by atoms with E-state index in [0.717, 1.165) is 21.6 Å². The molecule has 0 aliphatic rings. The molecule has 0 aliphatic carbocycles. The van der Waals surface area contributed by atoms with Gasteiger partial charge in [0.05, 0.1) is 10.5 Å². The molecule has 0 spiro atoms. The van der Waals surface area contributed by atoms with E-state index in [9.17, 15) is 13.2 Å². The van der Waals surface area contributed by atoms with Gasteiger partial charge in [0.15, 0.2) is 0 Å². The molecule has 1 amide bonds. The van der Waals surface area contributed by atoms with Crippen molar-refractivity contribution in [1.29, 1.82) is 0 Å². The third kappa shape index (κ3) is 4.63. The highest BCUT2D eigenvalue weighted by Crippen LogP contribution is 2.32. The lowest BCUT2D eigenvalue weighted by molar-refractivity contribution is 0.0955. The maximum atomic E-state index is 12.6. The predicted octanol–water partition coefficient (Wildman–Crippen LogP) is 3.34. The first-order valence-corrected chi connectivity index (χ1v) is 10.8. The summed E-state index contributed by atoms with van der Waals surface area (Å²) in [5.74, 6) is -0.112. The van der Waals surface area contributed by atoms with Crippen molar-refractivity contribution in [1.82, 2.24) is 5.32 Å². The number of aryl methyl sites for hydroxylation is 1. The zero-order valence-electron chi connectivity index (χ0n) is 14.8. The number of hydrogen-bond donors (Lipinski definition) is 2. The largest absolute Gasteiger partial charge is 0.352 e. The molecule has 0 aliphatic heterocycles. The van der Waals surface area contributed by atoms with E-state index in [2.05, 4.69) is 5.32 Å². The zero-order valence-corrected chi connectivity index (χ0v) is 16.4. The highest BCUT2D eigenvalue weighted by atomic mass is 32.2. The molecular weight excluding hydrogens is 380 g/mol. The van der Waals surface area contributed by atoms with Gasteiger partial charge in [0.1, 0.15) is 0 Å². The molecule has 1 heterocycles. The van der Waals surface area contributed by atoms with E-state index in [0.29, 0.717) is 18.5 Å². The van der Waals surface area contributed by atoms with Crippen molar-refractivity contribution in [3.05, 3.63) is 76.0 Å². The minimum Gasteiger partial charge on any atom is -0.352 e. The Balaban J connectivity index is 1.66. The summed E-state index contributed by atoms with van der Waals surface area (Å²) in [4.78, 5) is 13.8.